The number of carbonyl (C=O) groups excluding carboxylic acids is 2. The smallest absolute Gasteiger partial charge is 0.261 e. The van der Waals surface area contributed by atoms with E-state index in [1.54, 1.807) is 30.3 Å². The van der Waals surface area contributed by atoms with E-state index >= 15 is 0 Å². The maximum absolute atomic E-state index is 12.6. The summed E-state index contributed by atoms with van der Waals surface area (Å²) in [5, 5.41) is 7.07. The van der Waals surface area contributed by atoms with Crippen LogP contribution in [0.1, 0.15) is 42.8 Å². The number of carbonyl (C=O) groups is 2. The van der Waals surface area contributed by atoms with Crippen LogP contribution in [0, 0.1) is 0 Å². The van der Waals surface area contributed by atoms with E-state index in [-0.39, 0.29) is 17.7 Å². The minimum Gasteiger partial charge on any atom is -0.347 e. The van der Waals surface area contributed by atoms with Crippen molar-refractivity contribution in [2.45, 2.75) is 18.9 Å². The average Bonchev–Trinajstić information content (AvgIpc) is 3.57. The molecule has 158 valence electrons. The molecular weight excluding hydrogens is 412 g/mol. The topological polar surface area (TPSA) is 84.5 Å². The second-order valence-corrected chi connectivity index (χ2v) is 8.87. The molecule has 31 heavy (non-hydrogen) atoms. The van der Waals surface area contributed by atoms with Crippen molar-refractivity contribution in [3.63, 3.8) is 0 Å². The van der Waals surface area contributed by atoms with Gasteiger partial charge in [-0.25, -0.2) is 4.98 Å². The van der Waals surface area contributed by atoms with Gasteiger partial charge in [0.2, 0.25) is 0 Å². The molecule has 0 aromatic carbocycles. The Morgan fingerprint density at radius 2 is 2.16 bits per heavy atom. The van der Waals surface area contributed by atoms with Crippen molar-refractivity contribution in [1.82, 2.24) is 29.4 Å². The van der Waals surface area contributed by atoms with Crippen molar-refractivity contribution in [1.29, 1.82) is 0 Å². The molecular formula is C22H22N6O2S. The van der Waals surface area contributed by atoms with Gasteiger partial charge in [-0.2, -0.15) is 5.10 Å². The fourth-order valence-electron chi connectivity index (χ4n) is 3.92. The van der Waals surface area contributed by atoms with E-state index in [9.17, 15) is 9.59 Å². The molecule has 1 saturated heterocycles. The fraction of sp³-hybridized carbons (Fsp3) is 0.273. The largest absolute Gasteiger partial charge is 0.347 e. The molecule has 1 aliphatic heterocycles. The number of fused-ring (bicyclic) bond motifs is 1. The summed E-state index contributed by atoms with van der Waals surface area (Å²) in [5.74, 6) is 0.190. The highest BCUT2D eigenvalue weighted by molar-refractivity contribution is 7.14. The molecule has 1 atom stereocenters. The highest BCUT2D eigenvalue weighted by atomic mass is 32.1. The van der Waals surface area contributed by atoms with Crippen LogP contribution in [-0.4, -0.2) is 49.0 Å². The van der Waals surface area contributed by atoms with Gasteiger partial charge in [-0.15, -0.1) is 11.3 Å². The molecule has 1 aliphatic rings. The number of amides is 2. The number of thiophene rings is 1. The van der Waals surface area contributed by atoms with Crippen LogP contribution in [0.5, 0.6) is 0 Å². The quantitative estimate of drug-likeness (QED) is 0.523. The van der Waals surface area contributed by atoms with E-state index in [2.05, 4.69) is 15.4 Å². The van der Waals surface area contributed by atoms with Crippen LogP contribution in [-0.2, 0) is 13.6 Å². The number of pyridine rings is 1. The molecule has 8 nitrogen and oxygen atoms in total. The Balaban J connectivity index is 1.19. The minimum atomic E-state index is -0.0826. The average molecular weight is 435 g/mol. The Bertz CT molecular complexity index is 1260. The molecule has 5 rings (SSSR count). The molecule has 0 bridgehead atoms. The van der Waals surface area contributed by atoms with Gasteiger partial charge >= 0.3 is 0 Å². The first kappa shape index (κ1) is 19.5. The van der Waals surface area contributed by atoms with Gasteiger partial charge in [0.25, 0.3) is 11.8 Å². The van der Waals surface area contributed by atoms with Gasteiger partial charge in [-0.05, 0) is 36.2 Å². The number of rotatable bonds is 5. The van der Waals surface area contributed by atoms with Crippen LogP contribution in [0.4, 0.5) is 0 Å². The Kier molecular flexibility index (Phi) is 5.03. The third kappa shape index (κ3) is 3.96. The maximum atomic E-state index is 12.6. The van der Waals surface area contributed by atoms with Crippen LogP contribution in [0.15, 0.2) is 55.2 Å². The number of nitrogens with zero attached hydrogens (tertiary/aromatic N) is 5. The molecule has 1 N–H and O–H groups in total. The van der Waals surface area contributed by atoms with Crippen LogP contribution in [0.25, 0.3) is 5.65 Å². The molecule has 2 amide bonds. The standard InChI is InChI=1S/C22H22N6O2S/c1-26-13-17(12-25-26)22(30)28-8-5-16(14-28)18-2-3-19(31-18)21(29)24-11-15-4-7-27-9-6-23-20(27)10-15/h2-4,6-7,9-10,12-13,16H,5,8,11,14H2,1H3,(H,24,29). The first-order valence-corrected chi connectivity index (χ1v) is 11.0. The zero-order valence-corrected chi connectivity index (χ0v) is 17.9. The van der Waals surface area contributed by atoms with Gasteiger partial charge < -0.3 is 14.6 Å². The Morgan fingerprint density at radius 1 is 1.26 bits per heavy atom. The molecule has 5 heterocycles. The molecule has 0 spiro atoms. The normalized spacial score (nSPS) is 16.2. The summed E-state index contributed by atoms with van der Waals surface area (Å²) in [7, 11) is 1.80. The fourth-order valence-corrected chi connectivity index (χ4v) is 4.97. The number of hydrogen-bond donors (Lipinski definition) is 1. The Morgan fingerprint density at radius 3 is 3.00 bits per heavy atom. The number of aryl methyl sites for hydroxylation is 1. The zero-order chi connectivity index (χ0) is 21.4. The summed E-state index contributed by atoms with van der Waals surface area (Å²) < 4.78 is 3.57. The van der Waals surface area contributed by atoms with Gasteiger partial charge in [0.05, 0.1) is 16.6 Å². The molecule has 1 fully saturated rings. The van der Waals surface area contributed by atoms with E-state index in [1.807, 2.05) is 46.0 Å². The van der Waals surface area contributed by atoms with Gasteiger partial charge in [0, 0.05) is 62.3 Å². The van der Waals surface area contributed by atoms with E-state index in [4.69, 9.17) is 0 Å². The van der Waals surface area contributed by atoms with Crippen molar-refractivity contribution in [2.24, 2.45) is 7.05 Å². The zero-order valence-electron chi connectivity index (χ0n) is 17.1. The molecule has 4 aromatic rings. The first-order chi connectivity index (χ1) is 15.1. The van der Waals surface area contributed by atoms with Crippen molar-refractivity contribution >= 4 is 28.8 Å². The summed E-state index contributed by atoms with van der Waals surface area (Å²) in [5.41, 5.74) is 2.48. The minimum absolute atomic E-state index is 0.0135. The predicted molar refractivity (Wildman–Crippen MR) is 117 cm³/mol. The number of nitrogens with one attached hydrogen (secondary N) is 1. The van der Waals surface area contributed by atoms with Crippen molar-refractivity contribution in [3.8, 4) is 0 Å². The van der Waals surface area contributed by atoms with E-state index in [0.29, 0.717) is 30.1 Å². The van der Waals surface area contributed by atoms with Crippen LogP contribution < -0.4 is 5.32 Å². The van der Waals surface area contributed by atoms with Crippen LogP contribution in [0.3, 0.4) is 0 Å². The summed E-state index contributed by atoms with van der Waals surface area (Å²) in [6.45, 7) is 1.83. The van der Waals surface area contributed by atoms with Crippen LogP contribution in [0.2, 0.25) is 0 Å². The van der Waals surface area contributed by atoms with E-state index in [0.717, 1.165) is 22.5 Å². The Hall–Kier alpha value is -3.46. The van der Waals surface area contributed by atoms with Gasteiger partial charge in [-0.1, -0.05) is 0 Å². The van der Waals surface area contributed by atoms with E-state index in [1.165, 1.54) is 11.3 Å². The molecule has 4 aromatic heterocycles. The van der Waals surface area contributed by atoms with Gasteiger partial charge in [-0.3, -0.25) is 14.3 Å². The second kappa shape index (κ2) is 7.99. The monoisotopic (exact) mass is 434 g/mol. The first-order valence-electron chi connectivity index (χ1n) is 10.1. The van der Waals surface area contributed by atoms with Gasteiger partial charge in [0.1, 0.15) is 5.65 Å². The number of likely N-dealkylation sites (tertiary alicyclic amines) is 1. The van der Waals surface area contributed by atoms with Crippen molar-refractivity contribution < 1.29 is 9.59 Å². The highest BCUT2D eigenvalue weighted by Crippen LogP contribution is 2.33. The van der Waals surface area contributed by atoms with E-state index < -0.39 is 0 Å². The molecule has 0 saturated carbocycles. The summed E-state index contributed by atoms with van der Waals surface area (Å²) >= 11 is 1.51. The lowest BCUT2D eigenvalue weighted by Gasteiger charge is -2.15. The number of hydrogen-bond acceptors (Lipinski definition) is 5. The molecule has 1 unspecified atom stereocenters. The Labute approximate surface area is 183 Å². The number of aromatic nitrogens is 4. The maximum Gasteiger partial charge on any atom is 0.261 e. The third-order valence-corrected chi connectivity index (χ3v) is 6.84. The highest BCUT2D eigenvalue weighted by Gasteiger charge is 2.29. The van der Waals surface area contributed by atoms with Crippen LogP contribution >= 0.6 is 11.3 Å². The second-order valence-electron chi connectivity index (χ2n) is 7.75. The molecule has 0 aliphatic carbocycles. The number of imidazole rings is 1. The van der Waals surface area contributed by atoms with Crippen molar-refractivity contribution in [3.05, 3.63) is 76.1 Å². The third-order valence-electron chi connectivity index (χ3n) is 5.60. The molecule has 9 heteroatoms. The summed E-state index contributed by atoms with van der Waals surface area (Å²) in [4.78, 5) is 33.2. The SMILES string of the molecule is Cn1cc(C(=O)N2CCC(c3ccc(C(=O)NCc4ccn5ccnc5c4)s3)C2)cn1. The summed E-state index contributed by atoms with van der Waals surface area (Å²) in [6, 6.07) is 7.82. The lowest BCUT2D eigenvalue weighted by molar-refractivity contribution is 0.0790. The summed E-state index contributed by atoms with van der Waals surface area (Å²) in [6.07, 6.45) is 9.82. The van der Waals surface area contributed by atoms with Crippen molar-refractivity contribution in [2.75, 3.05) is 13.1 Å². The predicted octanol–water partition coefficient (Wildman–Crippen LogP) is 2.69. The van der Waals surface area contributed by atoms with Gasteiger partial charge in [0.15, 0.2) is 0 Å². The lowest BCUT2D eigenvalue weighted by atomic mass is 10.1. The lowest BCUT2D eigenvalue weighted by Crippen LogP contribution is -2.28. The molecule has 0 radical (unpaired) electrons.